The zero-order valence-electron chi connectivity index (χ0n) is 20.2. The molecule has 0 saturated carbocycles. The summed E-state index contributed by atoms with van der Waals surface area (Å²) < 4.78 is 5.53. The predicted molar refractivity (Wildman–Crippen MR) is 135 cm³/mol. The average molecular weight is 453 g/mol. The molecule has 0 bridgehead atoms. The van der Waals surface area contributed by atoms with E-state index in [-0.39, 0.29) is 11.8 Å². The Bertz CT molecular complexity index is 952. The second-order valence-corrected chi connectivity index (χ2v) is 8.78. The van der Waals surface area contributed by atoms with Crippen LogP contribution in [0.25, 0.3) is 0 Å². The number of piperazine rings is 1. The number of hydrogen-bond acceptors (Lipinski definition) is 5. The highest BCUT2D eigenvalue weighted by molar-refractivity contribution is 6.02. The molecular weight excluding hydrogens is 416 g/mol. The lowest BCUT2D eigenvalue weighted by Crippen LogP contribution is -2.47. The highest BCUT2D eigenvalue weighted by atomic mass is 16.5. The first-order valence-electron chi connectivity index (χ1n) is 11.8. The molecule has 2 amide bonds. The number of ether oxygens (including phenoxy) is 1. The van der Waals surface area contributed by atoms with E-state index in [0.29, 0.717) is 30.1 Å². The minimum atomic E-state index is -0.113. The summed E-state index contributed by atoms with van der Waals surface area (Å²) in [6, 6.07) is 13.7. The maximum absolute atomic E-state index is 13.1. The van der Waals surface area contributed by atoms with Crippen molar-refractivity contribution in [2.45, 2.75) is 33.6 Å². The van der Waals surface area contributed by atoms with E-state index in [9.17, 15) is 9.59 Å². The van der Waals surface area contributed by atoms with Crippen molar-refractivity contribution in [2.75, 3.05) is 55.0 Å². The molecule has 1 fully saturated rings. The highest BCUT2D eigenvalue weighted by Gasteiger charge is 2.24. The summed E-state index contributed by atoms with van der Waals surface area (Å²) in [5.74, 6) is 1.07. The molecule has 2 aromatic carbocycles. The summed E-state index contributed by atoms with van der Waals surface area (Å²) in [6.07, 6.45) is 1.24. The van der Waals surface area contributed by atoms with E-state index in [1.165, 1.54) is 0 Å². The van der Waals surface area contributed by atoms with E-state index in [1.807, 2.05) is 37.3 Å². The van der Waals surface area contributed by atoms with Gasteiger partial charge in [0.25, 0.3) is 5.91 Å². The van der Waals surface area contributed by atoms with Crippen LogP contribution in [0.1, 0.15) is 44.0 Å². The van der Waals surface area contributed by atoms with Crippen molar-refractivity contribution in [2.24, 2.45) is 5.92 Å². The lowest BCUT2D eigenvalue weighted by Gasteiger charge is -2.38. The zero-order valence-corrected chi connectivity index (χ0v) is 20.2. The summed E-state index contributed by atoms with van der Waals surface area (Å²) in [5, 5.41) is 5.94. The van der Waals surface area contributed by atoms with Crippen LogP contribution in [0.15, 0.2) is 42.5 Å². The number of hydrogen-bond donors (Lipinski definition) is 2. The largest absolute Gasteiger partial charge is 0.495 e. The maximum Gasteiger partial charge on any atom is 0.253 e. The minimum absolute atomic E-state index is 0.0378. The van der Waals surface area contributed by atoms with Crippen LogP contribution >= 0.6 is 0 Å². The number of carbonyl (C=O) groups excluding carboxylic acids is 2. The number of methoxy groups -OCH3 is 1. The van der Waals surface area contributed by atoms with Gasteiger partial charge < -0.3 is 25.2 Å². The second kappa shape index (κ2) is 11.6. The molecule has 0 radical (unpaired) electrons. The summed E-state index contributed by atoms with van der Waals surface area (Å²) in [7, 11) is 1.69. The third-order valence-electron chi connectivity index (χ3n) is 5.72. The van der Waals surface area contributed by atoms with Crippen molar-refractivity contribution in [3.05, 3.63) is 48.0 Å². The molecule has 0 unspecified atom stereocenters. The fourth-order valence-electron chi connectivity index (χ4n) is 3.99. The Morgan fingerprint density at radius 2 is 1.67 bits per heavy atom. The van der Waals surface area contributed by atoms with Gasteiger partial charge in [-0.25, -0.2) is 0 Å². The molecule has 1 aliphatic rings. The maximum atomic E-state index is 13.1. The van der Waals surface area contributed by atoms with Gasteiger partial charge in [-0.05, 0) is 42.7 Å². The van der Waals surface area contributed by atoms with E-state index < -0.39 is 0 Å². The lowest BCUT2D eigenvalue weighted by molar-refractivity contribution is -0.116. The smallest absolute Gasteiger partial charge is 0.253 e. The number of amides is 2. The average Bonchev–Trinajstić information content (AvgIpc) is 2.82. The van der Waals surface area contributed by atoms with E-state index in [2.05, 4.69) is 40.3 Å². The van der Waals surface area contributed by atoms with Crippen molar-refractivity contribution in [1.29, 1.82) is 0 Å². The summed E-state index contributed by atoms with van der Waals surface area (Å²) in [4.78, 5) is 29.7. The molecule has 1 heterocycles. The molecule has 2 aromatic rings. The van der Waals surface area contributed by atoms with Gasteiger partial charge in [0.15, 0.2) is 0 Å². The van der Waals surface area contributed by atoms with Gasteiger partial charge in [0.1, 0.15) is 5.75 Å². The van der Waals surface area contributed by atoms with E-state index in [4.69, 9.17) is 4.74 Å². The molecule has 1 saturated heterocycles. The van der Waals surface area contributed by atoms with Crippen molar-refractivity contribution < 1.29 is 14.3 Å². The highest BCUT2D eigenvalue weighted by Crippen LogP contribution is 2.31. The van der Waals surface area contributed by atoms with Gasteiger partial charge >= 0.3 is 0 Å². The van der Waals surface area contributed by atoms with Crippen LogP contribution in [0.2, 0.25) is 0 Å². The lowest BCUT2D eigenvalue weighted by atomic mass is 10.1. The van der Waals surface area contributed by atoms with Gasteiger partial charge in [-0.3, -0.25) is 9.59 Å². The van der Waals surface area contributed by atoms with Gasteiger partial charge in [-0.2, -0.15) is 0 Å². The first-order valence-corrected chi connectivity index (χ1v) is 11.8. The normalized spacial score (nSPS) is 13.7. The van der Waals surface area contributed by atoms with Gasteiger partial charge in [-0.1, -0.05) is 32.9 Å². The molecule has 3 rings (SSSR count). The predicted octanol–water partition coefficient (Wildman–Crippen LogP) is 4.15. The first-order chi connectivity index (χ1) is 15.9. The minimum Gasteiger partial charge on any atom is -0.495 e. The SMILES string of the molecule is CCCC(=O)Nc1ccc(N2CCN(c3ccccc3OC)CC2)c(C(=O)NCC(C)C)c1. The van der Waals surface area contributed by atoms with Crippen LogP contribution < -0.4 is 25.2 Å². The Labute approximate surface area is 197 Å². The first kappa shape index (κ1) is 24.4. The molecule has 1 aliphatic heterocycles. The fraction of sp³-hybridized carbons (Fsp3) is 0.462. The van der Waals surface area contributed by atoms with Crippen LogP contribution in [0.4, 0.5) is 17.1 Å². The van der Waals surface area contributed by atoms with E-state index >= 15 is 0 Å². The van der Waals surface area contributed by atoms with Crippen molar-refractivity contribution in [1.82, 2.24) is 5.32 Å². The van der Waals surface area contributed by atoms with Crippen LogP contribution in [0, 0.1) is 5.92 Å². The molecule has 7 heteroatoms. The zero-order chi connectivity index (χ0) is 23.8. The van der Waals surface area contributed by atoms with Gasteiger partial charge in [0.05, 0.1) is 18.4 Å². The second-order valence-electron chi connectivity index (χ2n) is 8.78. The number of benzene rings is 2. The quantitative estimate of drug-likeness (QED) is 0.598. The van der Waals surface area contributed by atoms with Crippen molar-refractivity contribution in [3.63, 3.8) is 0 Å². The number of para-hydroxylation sites is 2. The Morgan fingerprint density at radius 3 is 2.30 bits per heavy atom. The molecule has 0 spiro atoms. The van der Waals surface area contributed by atoms with Crippen LogP contribution in [0.5, 0.6) is 5.75 Å². The summed E-state index contributed by atoms with van der Waals surface area (Å²) in [6.45, 7) is 9.92. The third kappa shape index (κ3) is 6.40. The van der Waals surface area contributed by atoms with Gasteiger partial charge in [0.2, 0.25) is 5.91 Å². The number of nitrogens with one attached hydrogen (secondary N) is 2. The molecular formula is C26H36N4O3. The molecule has 0 aliphatic carbocycles. The Morgan fingerprint density at radius 1 is 1.00 bits per heavy atom. The standard InChI is InChI=1S/C26H36N4O3/c1-5-8-25(31)28-20-11-12-22(21(17-20)26(32)27-18-19(2)3)29-13-15-30(16-14-29)23-9-6-7-10-24(23)33-4/h6-7,9-12,17,19H,5,8,13-16,18H2,1-4H3,(H,27,32)(H,28,31). The summed E-state index contributed by atoms with van der Waals surface area (Å²) in [5.41, 5.74) is 3.23. The molecule has 2 N–H and O–H groups in total. The van der Waals surface area contributed by atoms with Crippen molar-refractivity contribution >= 4 is 28.9 Å². The van der Waals surface area contributed by atoms with Crippen LogP contribution in [0.3, 0.4) is 0 Å². The van der Waals surface area contributed by atoms with Crippen LogP contribution in [-0.2, 0) is 4.79 Å². The fourth-order valence-corrected chi connectivity index (χ4v) is 3.99. The monoisotopic (exact) mass is 452 g/mol. The van der Waals surface area contributed by atoms with E-state index in [0.717, 1.165) is 49.7 Å². The Kier molecular flexibility index (Phi) is 8.58. The Hall–Kier alpha value is -3.22. The topological polar surface area (TPSA) is 73.9 Å². The molecule has 33 heavy (non-hydrogen) atoms. The summed E-state index contributed by atoms with van der Waals surface area (Å²) >= 11 is 0. The Balaban J connectivity index is 1.79. The number of carbonyl (C=O) groups is 2. The van der Waals surface area contributed by atoms with Crippen LogP contribution in [-0.4, -0.2) is 51.6 Å². The number of anilines is 3. The molecule has 0 aromatic heterocycles. The van der Waals surface area contributed by atoms with Gasteiger partial charge in [-0.15, -0.1) is 0 Å². The molecule has 7 nitrogen and oxygen atoms in total. The number of rotatable bonds is 9. The van der Waals surface area contributed by atoms with E-state index in [1.54, 1.807) is 13.2 Å². The molecule has 0 atom stereocenters. The molecule has 178 valence electrons. The number of nitrogens with zero attached hydrogens (tertiary/aromatic N) is 2. The third-order valence-corrected chi connectivity index (χ3v) is 5.72. The van der Waals surface area contributed by atoms with Crippen molar-refractivity contribution in [3.8, 4) is 5.75 Å². The van der Waals surface area contributed by atoms with Gasteiger partial charge in [0, 0.05) is 50.5 Å².